The zero-order valence-corrected chi connectivity index (χ0v) is 6.49. The van der Waals surface area contributed by atoms with Crippen LogP contribution < -0.4 is 0 Å². The summed E-state index contributed by atoms with van der Waals surface area (Å²) in [5.74, 6) is 0. The molecule has 0 saturated heterocycles. The van der Waals surface area contributed by atoms with Gasteiger partial charge in [-0.3, -0.25) is 0 Å². The third kappa shape index (κ3) is 0.385. The van der Waals surface area contributed by atoms with Crippen LogP contribution in [0.3, 0.4) is 0 Å². The van der Waals surface area contributed by atoms with Gasteiger partial charge in [-0.05, 0) is 11.8 Å². The van der Waals surface area contributed by atoms with E-state index in [9.17, 15) is 0 Å². The summed E-state index contributed by atoms with van der Waals surface area (Å²) in [6.45, 7) is 6.99. The van der Waals surface area contributed by atoms with E-state index < -0.39 is 0 Å². The first-order valence-corrected chi connectivity index (χ1v) is 3.89. The molecule has 0 radical (unpaired) electrons. The molecule has 0 spiro atoms. The highest BCUT2D eigenvalue weighted by atomic mass is 14.8. The van der Waals surface area contributed by atoms with E-state index in [1.54, 1.807) is 5.57 Å². The first kappa shape index (κ1) is 5.52. The summed E-state index contributed by atoms with van der Waals surface area (Å²) in [6.07, 6.45) is 5.18. The molecule has 2 aliphatic rings. The van der Waals surface area contributed by atoms with Crippen molar-refractivity contribution < 1.29 is 0 Å². The molecule has 1 atom stereocenters. The Morgan fingerprint density at radius 3 is 2.11 bits per heavy atom. The topological polar surface area (TPSA) is 0 Å². The summed E-state index contributed by atoms with van der Waals surface area (Å²) >= 11 is 0. The zero-order chi connectivity index (χ0) is 6.70. The lowest BCUT2D eigenvalue weighted by Crippen LogP contribution is -2.03. The summed E-state index contributed by atoms with van der Waals surface area (Å²) in [5.41, 5.74) is 3.00. The molecule has 1 fully saturated rings. The Kier molecular flexibility index (Phi) is 0.685. The van der Waals surface area contributed by atoms with Crippen LogP contribution in [0.4, 0.5) is 0 Å². The van der Waals surface area contributed by atoms with Gasteiger partial charge in [0, 0.05) is 5.41 Å². The molecule has 0 bridgehead atoms. The summed E-state index contributed by atoms with van der Waals surface area (Å²) in [7, 11) is 0. The predicted octanol–water partition coefficient (Wildman–Crippen LogP) is 2.75. The van der Waals surface area contributed by atoms with Gasteiger partial charge in [0.25, 0.3) is 0 Å². The number of allylic oxidation sites excluding steroid dienone is 2. The summed E-state index contributed by atoms with van der Waals surface area (Å²) < 4.78 is 0. The van der Waals surface area contributed by atoms with Crippen molar-refractivity contribution in [3.05, 3.63) is 11.6 Å². The van der Waals surface area contributed by atoms with E-state index in [2.05, 4.69) is 26.8 Å². The first-order valence-electron chi connectivity index (χ1n) is 3.89. The Labute approximate surface area is 57.0 Å². The molecule has 2 aliphatic carbocycles. The molecule has 0 aromatic rings. The standard InChI is InChI=1S/C9H14/c1-4-5-9-6-7(9)8(9,2)3/h6H,4-5H2,1-3H3. The minimum Gasteiger partial charge on any atom is -0.0727 e. The lowest BCUT2D eigenvalue weighted by atomic mass is 9.92. The zero-order valence-electron chi connectivity index (χ0n) is 6.49. The summed E-state index contributed by atoms with van der Waals surface area (Å²) in [4.78, 5) is 0. The van der Waals surface area contributed by atoms with Crippen molar-refractivity contribution in [1.82, 2.24) is 0 Å². The lowest BCUT2D eigenvalue weighted by Gasteiger charge is -2.11. The largest absolute Gasteiger partial charge is 0.0727 e. The number of rotatable bonds is 2. The maximum Gasteiger partial charge on any atom is 0.0188 e. The molecule has 0 amide bonds. The maximum atomic E-state index is 2.44. The van der Waals surface area contributed by atoms with Gasteiger partial charge in [-0.2, -0.15) is 0 Å². The fraction of sp³-hybridized carbons (Fsp3) is 0.778. The summed E-state index contributed by atoms with van der Waals surface area (Å²) in [6, 6.07) is 0. The summed E-state index contributed by atoms with van der Waals surface area (Å²) in [5, 5.41) is 0. The van der Waals surface area contributed by atoms with Crippen molar-refractivity contribution in [2.75, 3.05) is 0 Å². The Hall–Kier alpha value is -0.260. The van der Waals surface area contributed by atoms with Gasteiger partial charge in [0.2, 0.25) is 0 Å². The number of fused-ring (bicyclic) bond motifs is 1. The molecule has 0 heteroatoms. The molecule has 9 heavy (non-hydrogen) atoms. The maximum absolute atomic E-state index is 2.44. The van der Waals surface area contributed by atoms with E-state index >= 15 is 0 Å². The molecule has 0 aromatic carbocycles. The van der Waals surface area contributed by atoms with Gasteiger partial charge >= 0.3 is 0 Å². The van der Waals surface area contributed by atoms with Gasteiger partial charge in [0.15, 0.2) is 0 Å². The molecule has 0 aromatic heterocycles. The highest BCUT2D eigenvalue weighted by Crippen LogP contribution is 2.83. The van der Waals surface area contributed by atoms with E-state index in [1.807, 2.05) is 0 Å². The Morgan fingerprint density at radius 1 is 1.44 bits per heavy atom. The highest BCUT2D eigenvalue weighted by molar-refractivity contribution is 5.64. The van der Waals surface area contributed by atoms with Crippen molar-refractivity contribution in [3.8, 4) is 0 Å². The molecule has 0 heterocycles. The van der Waals surface area contributed by atoms with Gasteiger partial charge in [-0.25, -0.2) is 0 Å². The smallest absolute Gasteiger partial charge is 0.0188 e. The van der Waals surface area contributed by atoms with Crippen LogP contribution in [0, 0.1) is 10.8 Å². The SMILES string of the molecule is CCCC12C=C1C2(C)C. The molecule has 2 rings (SSSR count). The molecular formula is C9H14. The Bertz CT molecular complexity index is 186. The van der Waals surface area contributed by atoms with Crippen LogP contribution in [0.5, 0.6) is 0 Å². The van der Waals surface area contributed by atoms with E-state index in [-0.39, 0.29) is 0 Å². The van der Waals surface area contributed by atoms with Gasteiger partial charge in [-0.1, -0.05) is 38.8 Å². The van der Waals surface area contributed by atoms with E-state index in [1.165, 1.54) is 12.8 Å². The fourth-order valence-corrected chi connectivity index (χ4v) is 2.21. The van der Waals surface area contributed by atoms with Crippen LogP contribution in [0.1, 0.15) is 33.6 Å². The van der Waals surface area contributed by atoms with Crippen LogP contribution in [-0.4, -0.2) is 0 Å². The van der Waals surface area contributed by atoms with Gasteiger partial charge < -0.3 is 0 Å². The predicted molar refractivity (Wildman–Crippen MR) is 39.2 cm³/mol. The van der Waals surface area contributed by atoms with Crippen LogP contribution in [0.15, 0.2) is 11.6 Å². The van der Waals surface area contributed by atoms with Crippen molar-refractivity contribution >= 4 is 0 Å². The second-order valence-corrected chi connectivity index (χ2v) is 3.90. The average molecular weight is 122 g/mol. The van der Waals surface area contributed by atoms with Gasteiger partial charge in [0.1, 0.15) is 0 Å². The molecule has 50 valence electrons. The molecule has 0 nitrogen and oxygen atoms in total. The third-order valence-corrected chi connectivity index (χ3v) is 3.16. The van der Waals surface area contributed by atoms with Crippen molar-refractivity contribution in [1.29, 1.82) is 0 Å². The van der Waals surface area contributed by atoms with Crippen molar-refractivity contribution in [3.63, 3.8) is 0 Å². The molecule has 0 aliphatic heterocycles. The minimum absolute atomic E-state index is 0.614. The van der Waals surface area contributed by atoms with Crippen LogP contribution in [0.25, 0.3) is 0 Å². The van der Waals surface area contributed by atoms with Crippen LogP contribution >= 0.6 is 0 Å². The van der Waals surface area contributed by atoms with Crippen molar-refractivity contribution in [2.45, 2.75) is 33.6 Å². The van der Waals surface area contributed by atoms with E-state index in [0.717, 1.165) is 0 Å². The third-order valence-electron chi connectivity index (χ3n) is 3.16. The second kappa shape index (κ2) is 1.12. The molecule has 1 saturated carbocycles. The van der Waals surface area contributed by atoms with Crippen LogP contribution in [0.2, 0.25) is 0 Å². The fourth-order valence-electron chi connectivity index (χ4n) is 2.21. The Balaban J connectivity index is 2.06. The second-order valence-electron chi connectivity index (χ2n) is 3.90. The van der Waals surface area contributed by atoms with Gasteiger partial charge in [0.05, 0.1) is 0 Å². The minimum atomic E-state index is 0.614. The number of hydrogen-bond acceptors (Lipinski definition) is 0. The van der Waals surface area contributed by atoms with Gasteiger partial charge in [-0.15, -0.1) is 0 Å². The average Bonchev–Trinajstić information content (AvgIpc) is 2.55. The highest BCUT2D eigenvalue weighted by Gasteiger charge is 2.74. The Morgan fingerprint density at radius 2 is 2.00 bits per heavy atom. The van der Waals surface area contributed by atoms with E-state index in [0.29, 0.717) is 10.8 Å². The molecular weight excluding hydrogens is 108 g/mol. The van der Waals surface area contributed by atoms with E-state index in [4.69, 9.17) is 0 Å². The first-order chi connectivity index (χ1) is 4.15. The monoisotopic (exact) mass is 122 g/mol. The quantitative estimate of drug-likeness (QED) is 0.494. The molecule has 1 unspecified atom stereocenters. The normalized spacial score (nSPS) is 41.4. The lowest BCUT2D eigenvalue weighted by molar-refractivity contribution is 0.432. The van der Waals surface area contributed by atoms with Crippen molar-refractivity contribution in [2.24, 2.45) is 10.8 Å². The van der Waals surface area contributed by atoms with Crippen LogP contribution in [-0.2, 0) is 0 Å². The number of hydrogen-bond donors (Lipinski definition) is 0. The molecule has 0 N–H and O–H groups in total.